The van der Waals surface area contributed by atoms with Crippen LogP contribution in [0.1, 0.15) is 36.8 Å². The lowest BCUT2D eigenvalue weighted by Crippen LogP contribution is -2.48. The number of carbonyl (C=O) groups is 1. The molecule has 3 rings (SSSR count). The highest BCUT2D eigenvalue weighted by Crippen LogP contribution is 2.28. The topological polar surface area (TPSA) is 49.3 Å². The number of nitrogens with one attached hydrogen (secondary N) is 1. The summed E-state index contributed by atoms with van der Waals surface area (Å²) in [6.07, 6.45) is 9.18. The summed E-state index contributed by atoms with van der Waals surface area (Å²) in [4.78, 5) is 12.2. The van der Waals surface area contributed by atoms with Gasteiger partial charge < -0.3 is 10.4 Å². The maximum atomic E-state index is 12.2. The van der Waals surface area contributed by atoms with Gasteiger partial charge in [0.05, 0.1) is 5.60 Å². The van der Waals surface area contributed by atoms with Gasteiger partial charge in [-0.3, -0.25) is 4.79 Å². The Bertz CT molecular complexity index is 552. The predicted octanol–water partition coefficient (Wildman–Crippen LogP) is 2.38. The molecule has 0 bridgehead atoms. The number of rotatable bonds is 3. The van der Waals surface area contributed by atoms with Gasteiger partial charge in [-0.15, -0.1) is 0 Å². The van der Waals surface area contributed by atoms with Crippen LogP contribution < -0.4 is 5.32 Å². The molecular formula is C18H23NO2. The van der Waals surface area contributed by atoms with E-state index in [0.29, 0.717) is 13.0 Å². The summed E-state index contributed by atoms with van der Waals surface area (Å²) in [5, 5.41) is 13.7. The fourth-order valence-corrected chi connectivity index (χ4v) is 3.36. The van der Waals surface area contributed by atoms with Crippen molar-refractivity contribution >= 4 is 5.91 Å². The van der Waals surface area contributed by atoms with Crippen molar-refractivity contribution in [1.29, 1.82) is 0 Å². The minimum Gasteiger partial charge on any atom is -0.388 e. The van der Waals surface area contributed by atoms with E-state index >= 15 is 0 Å². The summed E-state index contributed by atoms with van der Waals surface area (Å²) in [5.74, 6) is 0.168. The Kier molecular flexibility index (Phi) is 4.11. The SMILES string of the molecule is O=C(NCC1(O)CCc2ccccc2C1)C1CC=CCC1. The van der Waals surface area contributed by atoms with Crippen LogP contribution in [0.4, 0.5) is 0 Å². The molecule has 2 aliphatic carbocycles. The van der Waals surface area contributed by atoms with Crippen LogP contribution in [-0.4, -0.2) is 23.2 Å². The van der Waals surface area contributed by atoms with Crippen LogP contribution in [0.15, 0.2) is 36.4 Å². The van der Waals surface area contributed by atoms with Crippen LogP contribution in [0, 0.1) is 5.92 Å². The molecule has 2 aliphatic rings. The van der Waals surface area contributed by atoms with Crippen LogP contribution >= 0.6 is 0 Å². The van der Waals surface area contributed by atoms with E-state index < -0.39 is 5.60 Å². The molecule has 0 spiro atoms. The Balaban J connectivity index is 1.58. The van der Waals surface area contributed by atoms with E-state index in [1.807, 2.05) is 12.1 Å². The highest BCUT2D eigenvalue weighted by atomic mass is 16.3. The van der Waals surface area contributed by atoms with Crippen molar-refractivity contribution in [3.05, 3.63) is 47.5 Å². The molecule has 2 N–H and O–H groups in total. The first-order valence-electron chi connectivity index (χ1n) is 7.88. The summed E-state index contributed by atoms with van der Waals surface area (Å²) >= 11 is 0. The quantitative estimate of drug-likeness (QED) is 0.838. The highest BCUT2D eigenvalue weighted by molar-refractivity contribution is 5.79. The van der Waals surface area contributed by atoms with E-state index in [4.69, 9.17) is 0 Å². The van der Waals surface area contributed by atoms with E-state index in [9.17, 15) is 9.90 Å². The van der Waals surface area contributed by atoms with Gasteiger partial charge in [0.25, 0.3) is 0 Å². The van der Waals surface area contributed by atoms with Gasteiger partial charge in [-0.2, -0.15) is 0 Å². The third-order valence-corrected chi connectivity index (χ3v) is 4.73. The van der Waals surface area contributed by atoms with Crippen LogP contribution in [-0.2, 0) is 17.6 Å². The fraction of sp³-hybridized carbons (Fsp3) is 0.500. The molecule has 1 aromatic rings. The van der Waals surface area contributed by atoms with Crippen molar-refractivity contribution < 1.29 is 9.90 Å². The van der Waals surface area contributed by atoms with E-state index in [2.05, 4.69) is 29.6 Å². The molecule has 0 saturated carbocycles. The number of hydrogen-bond donors (Lipinski definition) is 2. The van der Waals surface area contributed by atoms with Crippen molar-refractivity contribution in [2.45, 2.75) is 44.1 Å². The van der Waals surface area contributed by atoms with Crippen LogP contribution in [0.25, 0.3) is 0 Å². The van der Waals surface area contributed by atoms with Crippen LogP contribution in [0.2, 0.25) is 0 Å². The first kappa shape index (κ1) is 14.3. The molecule has 1 amide bonds. The van der Waals surface area contributed by atoms with Gasteiger partial charge in [0.15, 0.2) is 0 Å². The summed E-state index contributed by atoms with van der Waals surface area (Å²) in [6, 6.07) is 8.26. The first-order chi connectivity index (χ1) is 10.2. The summed E-state index contributed by atoms with van der Waals surface area (Å²) < 4.78 is 0. The largest absolute Gasteiger partial charge is 0.388 e. The maximum Gasteiger partial charge on any atom is 0.223 e. The van der Waals surface area contributed by atoms with Crippen LogP contribution in [0.5, 0.6) is 0 Å². The Hall–Kier alpha value is -1.61. The molecule has 0 radical (unpaired) electrons. The second-order valence-corrected chi connectivity index (χ2v) is 6.37. The molecule has 0 aliphatic heterocycles. The molecular weight excluding hydrogens is 262 g/mol. The number of benzene rings is 1. The van der Waals surface area contributed by atoms with Gasteiger partial charge in [0.2, 0.25) is 5.91 Å². The summed E-state index contributed by atoms with van der Waals surface area (Å²) in [7, 11) is 0. The maximum absolute atomic E-state index is 12.2. The minimum absolute atomic E-state index is 0.0782. The van der Waals surface area contributed by atoms with E-state index in [-0.39, 0.29) is 11.8 Å². The molecule has 21 heavy (non-hydrogen) atoms. The highest BCUT2D eigenvalue weighted by Gasteiger charge is 2.33. The van der Waals surface area contributed by atoms with Crippen LogP contribution in [0.3, 0.4) is 0 Å². The third-order valence-electron chi connectivity index (χ3n) is 4.73. The van der Waals surface area contributed by atoms with E-state index in [1.165, 1.54) is 11.1 Å². The lowest BCUT2D eigenvalue weighted by Gasteiger charge is -2.34. The number of amides is 1. The molecule has 3 nitrogen and oxygen atoms in total. The third kappa shape index (κ3) is 3.35. The Morgan fingerprint density at radius 2 is 2.10 bits per heavy atom. The molecule has 112 valence electrons. The van der Waals surface area contributed by atoms with Crippen molar-refractivity contribution in [2.24, 2.45) is 5.92 Å². The Morgan fingerprint density at radius 1 is 1.29 bits per heavy atom. The van der Waals surface area contributed by atoms with Crippen molar-refractivity contribution in [3.63, 3.8) is 0 Å². The minimum atomic E-state index is -0.797. The molecule has 0 heterocycles. The summed E-state index contributed by atoms with van der Waals surface area (Å²) in [6.45, 7) is 0.361. The summed E-state index contributed by atoms with van der Waals surface area (Å²) in [5.41, 5.74) is 1.74. The first-order valence-corrected chi connectivity index (χ1v) is 7.88. The Labute approximate surface area is 126 Å². The van der Waals surface area contributed by atoms with Gasteiger partial charge in [-0.25, -0.2) is 0 Å². The number of hydrogen-bond acceptors (Lipinski definition) is 2. The smallest absolute Gasteiger partial charge is 0.223 e. The molecule has 2 unspecified atom stereocenters. The average Bonchev–Trinajstić information content (AvgIpc) is 2.53. The van der Waals surface area contributed by atoms with Gasteiger partial charge >= 0.3 is 0 Å². The zero-order valence-electron chi connectivity index (χ0n) is 12.3. The predicted molar refractivity (Wildman–Crippen MR) is 82.9 cm³/mol. The molecule has 0 aromatic heterocycles. The number of aliphatic hydroxyl groups is 1. The number of fused-ring (bicyclic) bond motifs is 1. The van der Waals surface area contributed by atoms with Gasteiger partial charge in [0, 0.05) is 18.9 Å². The molecule has 2 atom stereocenters. The van der Waals surface area contributed by atoms with Gasteiger partial charge in [-0.1, -0.05) is 36.4 Å². The number of carbonyl (C=O) groups excluding carboxylic acids is 1. The molecule has 0 saturated heterocycles. The fourth-order valence-electron chi connectivity index (χ4n) is 3.36. The second kappa shape index (κ2) is 6.02. The lowest BCUT2D eigenvalue weighted by molar-refractivity contribution is -0.126. The van der Waals surface area contributed by atoms with Gasteiger partial charge in [-0.05, 0) is 43.2 Å². The van der Waals surface area contributed by atoms with Gasteiger partial charge in [0.1, 0.15) is 0 Å². The zero-order chi connectivity index (χ0) is 14.7. The molecule has 3 heteroatoms. The Morgan fingerprint density at radius 3 is 2.86 bits per heavy atom. The van der Waals surface area contributed by atoms with Crippen molar-refractivity contribution in [2.75, 3.05) is 6.54 Å². The van der Waals surface area contributed by atoms with Crippen molar-refractivity contribution in [3.8, 4) is 0 Å². The molecule has 1 aromatic carbocycles. The average molecular weight is 285 g/mol. The van der Waals surface area contributed by atoms with E-state index in [0.717, 1.165) is 32.1 Å². The normalized spacial score (nSPS) is 28.0. The standard InChI is InChI=1S/C18H23NO2/c20-17(15-7-2-1-3-8-15)19-13-18(21)11-10-14-6-4-5-9-16(14)12-18/h1-2,4-6,9,15,21H,3,7-8,10-13H2,(H,19,20). The monoisotopic (exact) mass is 285 g/mol. The number of aryl methyl sites for hydroxylation is 1. The number of allylic oxidation sites excluding steroid dienone is 2. The zero-order valence-corrected chi connectivity index (χ0v) is 12.3. The van der Waals surface area contributed by atoms with E-state index in [1.54, 1.807) is 0 Å². The molecule has 0 fully saturated rings. The lowest BCUT2D eigenvalue weighted by atomic mass is 9.80. The van der Waals surface area contributed by atoms with Crippen molar-refractivity contribution in [1.82, 2.24) is 5.32 Å². The second-order valence-electron chi connectivity index (χ2n) is 6.37.